The van der Waals surface area contributed by atoms with Gasteiger partial charge in [-0.15, -0.1) is 0 Å². The molecule has 392 valence electrons. The van der Waals surface area contributed by atoms with Crippen molar-refractivity contribution in [1.82, 2.24) is 0 Å². The Hall–Kier alpha value is -2.37. The number of allylic oxidation sites excluding steroid dienone is 6. The molecule has 0 aromatic carbocycles. The van der Waals surface area contributed by atoms with E-state index < -0.39 is 6.10 Å². The van der Waals surface area contributed by atoms with Gasteiger partial charge in [-0.05, 0) is 77.0 Å². The number of carbonyl (C=O) groups excluding carboxylic acids is 3. The standard InChI is InChI=1S/C61H112O6/c1-4-7-10-13-16-19-22-25-28-30-33-36-39-42-45-48-51-54-60(63)66-57-58(56-65-59(62)53-50-47-44-41-38-35-32-27-24-21-18-15-12-9-6-3)67-61(64)55-52-49-46-43-40-37-34-31-29-26-23-20-17-14-11-8-5-2/h18,21,25,27-28,32,58H,4-17,19-20,22-24,26,29-31,33-57H2,1-3H3/b21-18-,28-25-,32-27-/t58-/m1/s1. The van der Waals surface area contributed by atoms with Gasteiger partial charge in [0.1, 0.15) is 13.2 Å². The van der Waals surface area contributed by atoms with Crippen LogP contribution in [0.2, 0.25) is 0 Å². The van der Waals surface area contributed by atoms with Crippen molar-refractivity contribution in [2.75, 3.05) is 13.2 Å². The van der Waals surface area contributed by atoms with Gasteiger partial charge in [0, 0.05) is 19.3 Å². The summed E-state index contributed by atoms with van der Waals surface area (Å²) < 4.78 is 16.9. The number of hydrogen-bond donors (Lipinski definition) is 0. The lowest BCUT2D eigenvalue weighted by Crippen LogP contribution is -2.30. The summed E-state index contributed by atoms with van der Waals surface area (Å²) in [4.78, 5) is 38.2. The summed E-state index contributed by atoms with van der Waals surface area (Å²) in [6.07, 6.45) is 67.0. The van der Waals surface area contributed by atoms with E-state index in [4.69, 9.17) is 14.2 Å². The molecule has 0 aromatic heterocycles. The maximum atomic E-state index is 12.9. The predicted octanol–water partition coefficient (Wildman–Crippen LogP) is 19.7. The molecular formula is C61H112O6. The minimum absolute atomic E-state index is 0.0754. The molecule has 1 atom stereocenters. The number of esters is 3. The van der Waals surface area contributed by atoms with Crippen LogP contribution in [0.1, 0.15) is 316 Å². The zero-order valence-electron chi connectivity index (χ0n) is 44.9. The van der Waals surface area contributed by atoms with Crippen LogP contribution in [0.15, 0.2) is 36.5 Å². The molecule has 0 radical (unpaired) electrons. The van der Waals surface area contributed by atoms with Crippen LogP contribution in [0.4, 0.5) is 0 Å². The molecule has 0 aliphatic heterocycles. The predicted molar refractivity (Wildman–Crippen MR) is 289 cm³/mol. The minimum atomic E-state index is -0.777. The van der Waals surface area contributed by atoms with Gasteiger partial charge in [-0.2, -0.15) is 0 Å². The molecule has 0 unspecified atom stereocenters. The Morgan fingerprint density at radius 3 is 0.866 bits per heavy atom. The van der Waals surface area contributed by atoms with Crippen molar-refractivity contribution in [3.63, 3.8) is 0 Å². The van der Waals surface area contributed by atoms with Gasteiger partial charge in [-0.25, -0.2) is 0 Å². The third kappa shape index (κ3) is 54.4. The third-order valence-corrected chi connectivity index (χ3v) is 13.1. The monoisotopic (exact) mass is 941 g/mol. The van der Waals surface area contributed by atoms with Crippen molar-refractivity contribution >= 4 is 17.9 Å². The highest BCUT2D eigenvalue weighted by Crippen LogP contribution is 2.16. The largest absolute Gasteiger partial charge is 0.462 e. The Morgan fingerprint density at radius 1 is 0.299 bits per heavy atom. The van der Waals surface area contributed by atoms with E-state index in [0.717, 1.165) is 77.0 Å². The van der Waals surface area contributed by atoms with Crippen LogP contribution in [0.3, 0.4) is 0 Å². The fourth-order valence-corrected chi connectivity index (χ4v) is 8.65. The topological polar surface area (TPSA) is 78.9 Å². The van der Waals surface area contributed by atoms with E-state index in [0.29, 0.717) is 19.3 Å². The molecule has 0 saturated carbocycles. The fraction of sp³-hybridized carbons (Fsp3) is 0.852. The SMILES string of the molecule is CCCCC/C=C\C/C=C\CCCCCCCC(=O)OC[C@H](COC(=O)CCCCCCCCC/C=C\CCCCCCCC)OC(=O)CCCCCCCCCCCCCCCCCCC. The van der Waals surface area contributed by atoms with Gasteiger partial charge in [0.25, 0.3) is 0 Å². The summed E-state index contributed by atoms with van der Waals surface area (Å²) in [5, 5.41) is 0. The van der Waals surface area contributed by atoms with E-state index in [1.807, 2.05) is 0 Å². The molecule has 0 aromatic rings. The third-order valence-electron chi connectivity index (χ3n) is 13.1. The molecule has 0 amide bonds. The first-order valence-electron chi connectivity index (χ1n) is 29.5. The summed E-state index contributed by atoms with van der Waals surface area (Å²) in [7, 11) is 0. The summed E-state index contributed by atoms with van der Waals surface area (Å²) in [5.41, 5.74) is 0. The smallest absolute Gasteiger partial charge is 0.306 e. The molecule has 0 N–H and O–H groups in total. The second-order valence-electron chi connectivity index (χ2n) is 19.9. The van der Waals surface area contributed by atoms with Gasteiger partial charge in [0.05, 0.1) is 0 Å². The summed E-state index contributed by atoms with van der Waals surface area (Å²) in [6.45, 7) is 6.64. The van der Waals surface area contributed by atoms with Crippen LogP contribution in [0.25, 0.3) is 0 Å². The van der Waals surface area contributed by atoms with Crippen LogP contribution in [-0.4, -0.2) is 37.2 Å². The van der Waals surface area contributed by atoms with E-state index in [9.17, 15) is 14.4 Å². The molecule has 6 heteroatoms. The Bertz CT molecular complexity index is 1130. The van der Waals surface area contributed by atoms with E-state index in [1.165, 1.54) is 199 Å². The lowest BCUT2D eigenvalue weighted by Gasteiger charge is -2.18. The lowest BCUT2D eigenvalue weighted by atomic mass is 10.0. The fourth-order valence-electron chi connectivity index (χ4n) is 8.65. The van der Waals surface area contributed by atoms with Crippen LogP contribution >= 0.6 is 0 Å². The Labute approximate surface area is 416 Å². The van der Waals surface area contributed by atoms with E-state index >= 15 is 0 Å². The van der Waals surface area contributed by atoms with Crippen molar-refractivity contribution < 1.29 is 28.6 Å². The molecule has 6 nitrogen and oxygen atoms in total. The second-order valence-corrected chi connectivity index (χ2v) is 19.9. The molecule has 0 saturated heterocycles. The summed E-state index contributed by atoms with van der Waals surface area (Å²) in [6, 6.07) is 0. The van der Waals surface area contributed by atoms with Crippen LogP contribution in [0, 0.1) is 0 Å². The second kappa shape index (κ2) is 56.2. The molecule has 0 bridgehead atoms. The number of rotatable bonds is 54. The van der Waals surface area contributed by atoms with Gasteiger partial charge in [-0.3, -0.25) is 14.4 Å². The molecule has 0 aliphatic carbocycles. The van der Waals surface area contributed by atoms with Crippen molar-refractivity contribution in [3.05, 3.63) is 36.5 Å². The van der Waals surface area contributed by atoms with Gasteiger partial charge in [-0.1, -0.05) is 256 Å². The highest BCUT2D eigenvalue weighted by atomic mass is 16.6. The van der Waals surface area contributed by atoms with Crippen molar-refractivity contribution in [2.45, 2.75) is 322 Å². The molecule has 0 rings (SSSR count). The molecular weight excluding hydrogens is 829 g/mol. The zero-order valence-corrected chi connectivity index (χ0v) is 44.9. The Morgan fingerprint density at radius 2 is 0.537 bits per heavy atom. The van der Waals surface area contributed by atoms with Crippen LogP contribution in [-0.2, 0) is 28.6 Å². The summed E-state index contributed by atoms with van der Waals surface area (Å²) in [5.74, 6) is -0.874. The maximum absolute atomic E-state index is 12.9. The van der Waals surface area contributed by atoms with E-state index in [2.05, 4.69) is 57.2 Å². The molecule has 67 heavy (non-hydrogen) atoms. The molecule has 0 aliphatic rings. The van der Waals surface area contributed by atoms with Crippen LogP contribution in [0.5, 0.6) is 0 Å². The highest BCUT2D eigenvalue weighted by molar-refractivity contribution is 5.71. The highest BCUT2D eigenvalue weighted by Gasteiger charge is 2.19. The van der Waals surface area contributed by atoms with E-state index in [1.54, 1.807) is 0 Å². The van der Waals surface area contributed by atoms with Crippen LogP contribution < -0.4 is 0 Å². The number of hydrogen-bond acceptors (Lipinski definition) is 6. The first-order chi connectivity index (χ1) is 33.0. The first kappa shape index (κ1) is 64.6. The zero-order chi connectivity index (χ0) is 48.6. The quantitative estimate of drug-likeness (QED) is 0.0262. The maximum Gasteiger partial charge on any atom is 0.306 e. The van der Waals surface area contributed by atoms with Crippen molar-refractivity contribution in [1.29, 1.82) is 0 Å². The Balaban J connectivity index is 4.36. The molecule has 0 heterocycles. The molecule has 0 fully saturated rings. The van der Waals surface area contributed by atoms with Crippen molar-refractivity contribution in [3.8, 4) is 0 Å². The van der Waals surface area contributed by atoms with Gasteiger partial charge >= 0.3 is 17.9 Å². The number of unbranched alkanes of at least 4 members (excludes halogenated alkanes) is 37. The van der Waals surface area contributed by atoms with Crippen molar-refractivity contribution in [2.24, 2.45) is 0 Å². The summed E-state index contributed by atoms with van der Waals surface area (Å²) >= 11 is 0. The average Bonchev–Trinajstić information content (AvgIpc) is 3.33. The molecule has 0 spiro atoms. The Kier molecular flexibility index (Phi) is 54.2. The number of carbonyl (C=O) groups is 3. The first-order valence-corrected chi connectivity index (χ1v) is 29.5. The lowest BCUT2D eigenvalue weighted by molar-refractivity contribution is -0.167. The van der Waals surface area contributed by atoms with E-state index in [-0.39, 0.29) is 31.1 Å². The average molecular weight is 942 g/mol. The van der Waals surface area contributed by atoms with Gasteiger partial charge in [0.2, 0.25) is 0 Å². The van der Waals surface area contributed by atoms with Gasteiger partial charge < -0.3 is 14.2 Å². The number of ether oxygens (including phenoxy) is 3. The normalized spacial score (nSPS) is 12.2. The van der Waals surface area contributed by atoms with Gasteiger partial charge in [0.15, 0.2) is 6.10 Å². The minimum Gasteiger partial charge on any atom is -0.462 e.